The molecule has 1 heterocycles. The molecule has 0 N–H and O–H groups in total. The normalized spacial score (nSPS) is 10.3. The predicted octanol–water partition coefficient (Wildman–Crippen LogP) is 2.98. The summed E-state index contributed by atoms with van der Waals surface area (Å²) in [5.74, 6) is 1.33. The van der Waals surface area contributed by atoms with E-state index in [-0.39, 0.29) is 5.91 Å². The molecule has 22 heavy (non-hydrogen) atoms. The lowest BCUT2D eigenvalue weighted by atomic mass is 10.2. The van der Waals surface area contributed by atoms with E-state index in [1.54, 1.807) is 55.7 Å². The first-order chi connectivity index (χ1) is 10.7. The van der Waals surface area contributed by atoms with Gasteiger partial charge in [0.2, 0.25) is 0 Å². The molecule has 0 atom stereocenters. The van der Waals surface area contributed by atoms with E-state index >= 15 is 0 Å². The minimum Gasteiger partial charge on any atom is -0.456 e. The molecule has 0 saturated carbocycles. The molecule has 0 aliphatic carbocycles. The van der Waals surface area contributed by atoms with E-state index in [2.05, 4.69) is 4.98 Å². The standard InChI is InChI=1S/C17H20N2O3/c1-19(11-4-12-21-2)17(20)14-6-8-15(9-7-14)22-16-5-3-10-18-13-16/h3,5-10,13H,4,11-12H2,1-2H3. The van der Waals surface area contributed by atoms with Gasteiger partial charge in [-0.3, -0.25) is 9.78 Å². The molecular weight excluding hydrogens is 280 g/mol. The first-order valence-corrected chi connectivity index (χ1v) is 7.13. The second-order valence-corrected chi connectivity index (χ2v) is 4.89. The summed E-state index contributed by atoms with van der Waals surface area (Å²) in [5, 5.41) is 0. The molecular formula is C17H20N2O3. The van der Waals surface area contributed by atoms with Gasteiger partial charge in [-0.15, -0.1) is 0 Å². The highest BCUT2D eigenvalue weighted by molar-refractivity contribution is 5.94. The number of aromatic nitrogens is 1. The van der Waals surface area contributed by atoms with Crippen LogP contribution >= 0.6 is 0 Å². The van der Waals surface area contributed by atoms with Crippen LogP contribution in [0.1, 0.15) is 16.8 Å². The van der Waals surface area contributed by atoms with E-state index in [0.717, 1.165) is 6.42 Å². The molecule has 1 amide bonds. The zero-order valence-corrected chi connectivity index (χ0v) is 12.9. The van der Waals surface area contributed by atoms with Crippen molar-refractivity contribution in [3.63, 3.8) is 0 Å². The minimum atomic E-state index is -0.0102. The van der Waals surface area contributed by atoms with E-state index in [0.29, 0.717) is 30.2 Å². The zero-order valence-electron chi connectivity index (χ0n) is 12.9. The molecule has 2 rings (SSSR count). The summed E-state index contributed by atoms with van der Waals surface area (Å²) < 4.78 is 10.6. The van der Waals surface area contributed by atoms with Crippen molar-refractivity contribution < 1.29 is 14.3 Å². The Morgan fingerprint density at radius 3 is 2.59 bits per heavy atom. The van der Waals surface area contributed by atoms with Gasteiger partial charge in [-0.05, 0) is 42.8 Å². The number of ether oxygens (including phenoxy) is 2. The highest BCUT2D eigenvalue weighted by Gasteiger charge is 2.11. The Balaban J connectivity index is 1.94. The van der Waals surface area contributed by atoms with Gasteiger partial charge in [-0.25, -0.2) is 0 Å². The Kier molecular flexibility index (Phi) is 5.91. The second-order valence-electron chi connectivity index (χ2n) is 4.89. The van der Waals surface area contributed by atoms with Gasteiger partial charge in [-0.2, -0.15) is 0 Å². The Labute approximate surface area is 130 Å². The summed E-state index contributed by atoms with van der Waals surface area (Å²) in [5.41, 5.74) is 0.637. The Hall–Kier alpha value is -2.40. The molecule has 0 unspecified atom stereocenters. The first kappa shape index (κ1) is 16.0. The van der Waals surface area contributed by atoms with Crippen LogP contribution in [0.5, 0.6) is 11.5 Å². The van der Waals surface area contributed by atoms with E-state index in [1.807, 2.05) is 12.1 Å². The molecule has 0 bridgehead atoms. The number of amides is 1. The van der Waals surface area contributed by atoms with E-state index < -0.39 is 0 Å². The molecule has 116 valence electrons. The molecule has 1 aromatic heterocycles. The van der Waals surface area contributed by atoms with Crippen molar-refractivity contribution >= 4 is 5.91 Å². The molecule has 0 spiro atoms. The molecule has 0 aliphatic heterocycles. The lowest BCUT2D eigenvalue weighted by molar-refractivity contribution is 0.0779. The van der Waals surface area contributed by atoms with Gasteiger partial charge in [-0.1, -0.05) is 0 Å². The smallest absolute Gasteiger partial charge is 0.253 e. The molecule has 0 aliphatic rings. The summed E-state index contributed by atoms with van der Waals surface area (Å²) in [6.07, 6.45) is 4.15. The van der Waals surface area contributed by atoms with Crippen LogP contribution in [0.15, 0.2) is 48.8 Å². The monoisotopic (exact) mass is 300 g/mol. The van der Waals surface area contributed by atoms with Gasteiger partial charge in [0.15, 0.2) is 0 Å². The minimum absolute atomic E-state index is 0.0102. The quantitative estimate of drug-likeness (QED) is 0.738. The van der Waals surface area contributed by atoms with E-state index in [1.165, 1.54) is 0 Å². The lowest BCUT2D eigenvalue weighted by Gasteiger charge is -2.17. The highest BCUT2D eigenvalue weighted by Crippen LogP contribution is 2.20. The summed E-state index contributed by atoms with van der Waals surface area (Å²) in [6, 6.07) is 10.7. The molecule has 0 fully saturated rings. The Morgan fingerprint density at radius 1 is 1.18 bits per heavy atom. The zero-order chi connectivity index (χ0) is 15.8. The van der Waals surface area contributed by atoms with Crippen molar-refractivity contribution in [1.82, 2.24) is 9.88 Å². The predicted molar refractivity (Wildman–Crippen MR) is 84.2 cm³/mol. The number of rotatable bonds is 7. The third-order valence-electron chi connectivity index (χ3n) is 3.16. The van der Waals surface area contributed by atoms with Crippen LogP contribution in [0.3, 0.4) is 0 Å². The first-order valence-electron chi connectivity index (χ1n) is 7.13. The van der Waals surface area contributed by atoms with Gasteiger partial charge in [0.25, 0.3) is 5.91 Å². The van der Waals surface area contributed by atoms with Gasteiger partial charge in [0, 0.05) is 39.1 Å². The van der Waals surface area contributed by atoms with Crippen LogP contribution in [0, 0.1) is 0 Å². The molecule has 0 radical (unpaired) electrons. The van der Waals surface area contributed by atoms with Crippen molar-refractivity contribution in [2.24, 2.45) is 0 Å². The number of hydrogen-bond donors (Lipinski definition) is 0. The lowest BCUT2D eigenvalue weighted by Crippen LogP contribution is -2.28. The summed E-state index contributed by atoms with van der Waals surface area (Å²) in [6.45, 7) is 1.32. The van der Waals surface area contributed by atoms with Crippen LogP contribution in [-0.4, -0.2) is 43.1 Å². The molecule has 5 heteroatoms. The Morgan fingerprint density at radius 2 is 1.95 bits per heavy atom. The van der Waals surface area contributed by atoms with Crippen molar-refractivity contribution in [3.05, 3.63) is 54.4 Å². The van der Waals surface area contributed by atoms with Gasteiger partial charge >= 0.3 is 0 Å². The average Bonchev–Trinajstić information content (AvgIpc) is 2.56. The topological polar surface area (TPSA) is 51.7 Å². The van der Waals surface area contributed by atoms with Crippen LogP contribution in [-0.2, 0) is 4.74 Å². The van der Waals surface area contributed by atoms with Crippen LogP contribution in [0.2, 0.25) is 0 Å². The largest absolute Gasteiger partial charge is 0.456 e. The fraction of sp³-hybridized carbons (Fsp3) is 0.294. The maximum Gasteiger partial charge on any atom is 0.253 e. The third kappa shape index (κ3) is 4.56. The number of carbonyl (C=O) groups excluding carboxylic acids is 1. The summed E-state index contributed by atoms with van der Waals surface area (Å²) >= 11 is 0. The fourth-order valence-electron chi connectivity index (χ4n) is 1.98. The summed E-state index contributed by atoms with van der Waals surface area (Å²) in [4.78, 5) is 17.9. The van der Waals surface area contributed by atoms with Crippen LogP contribution in [0.25, 0.3) is 0 Å². The van der Waals surface area contributed by atoms with Crippen LogP contribution < -0.4 is 4.74 Å². The van der Waals surface area contributed by atoms with Crippen LogP contribution in [0.4, 0.5) is 0 Å². The molecule has 5 nitrogen and oxygen atoms in total. The maximum absolute atomic E-state index is 12.2. The summed E-state index contributed by atoms with van der Waals surface area (Å²) in [7, 11) is 3.45. The number of pyridine rings is 1. The van der Waals surface area contributed by atoms with Crippen molar-refractivity contribution in [3.8, 4) is 11.5 Å². The number of hydrogen-bond acceptors (Lipinski definition) is 4. The SMILES string of the molecule is COCCCN(C)C(=O)c1ccc(Oc2cccnc2)cc1. The molecule has 0 saturated heterocycles. The number of benzene rings is 1. The number of carbonyl (C=O) groups is 1. The second kappa shape index (κ2) is 8.14. The molecule has 2 aromatic rings. The van der Waals surface area contributed by atoms with Gasteiger partial charge in [0.1, 0.15) is 11.5 Å². The van der Waals surface area contributed by atoms with Crippen molar-refractivity contribution in [1.29, 1.82) is 0 Å². The fourth-order valence-corrected chi connectivity index (χ4v) is 1.98. The van der Waals surface area contributed by atoms with Gasteiger partial charge in [0.05, 0.1) is 6.20 Å². The van der Waals surface area contributed by atoms with E-state index in [4.69, 9.17) is 9.47 Å². The Bertz CT molecular complexity index is 585. The molecule has 1 aromatic carbocycles. The van der Waals surface area contributed by atoms with Gasteiger partial charge < -0.3 is 14.4 Å². The van der Waals surface area contributed by atoms with Crippen molar-refractivity contribution in [2.45, 2.75) is 6.42 Å². The maximum atomic E-state index is 12.2. The van der Waals surface area contributed by atoms with E-state index in [9.17, 15) is 4.79 Å². The van der Waals surface area contributed by atoms with Crippen molar-refractivity contribution in [2.75, 3.05) is 27.3 Å². The average molecular weight is 300 g/mol. The number of nitrogens with zero attached hydrogens (tertiary/aromatic N) is 2. The highest BCUT2D eigenvalue weighted by atomic mass is 16.5. The number of methoxy groups -OCH3 is 1. The third-order valence-corrected chi connectivity index (χ3v) is 3.16.